The summed E-state index contributed by atoms with van der Waals surface area (Å²) >= 11 is 0. The van der Waals surface area contributed by atoms with E-state index < -0.39 is 6.04 Å². The predicted molar refractivity (Wildman–Crippen MR) is 111 cm³/mol. The van der Waals surface area contributed by atoms with E-state index in [2.05, 4.69) is 4.98 Å². The quantitative estimate of drug-likeness (QED) is 0.521. The van der Waals surface area contributed by atoms with E-state index in [0.717, 1.165) is 11.1 Å². The SMILES string of the molecule is COc1ccc([C@@H]2c3c(oc4ccccc4c3=O)C(=O)N2Cc2cccnc2)cc1. The number of aromatic nitrogens is 1. The van der Waals surface area contributed by atoms with Gasteiger partial charge in [0.1, 0.15) is 11.3 Å². The van der Waals surface area contributed by atoms with Crippen LogP contribution >= 0.6 is 0 Å². The van der Waals surface area contributed by atoms with Gasteiger partial charge in [0.2, 0.25) is 5.76 Å². The number of para-hydroxylation sites is 1. The normalized spacial score (nSPS) is 15.4. The number of carbonyl (C=O) groups is 1. The van der Waals surface area contributed by atoms with Gasteiger partial charge in [0, 0.05) is 18.9 Å². The molecule has 148 valence electrons. The summed E-state index contributed by atoms with van der Waals surface area (Å²) in [4.78, 5) is 32.6. The van der Waals surface area contributed by atoms with Crippen molar-refractivity contribution in [3.05, 3.63) is 106 Å². The molecular weight excluding hydrogens is 380 g/mol. The fraction of sp³-hybridized carbons (Fsp3) is 0.125. The third-order valence-corrected chi connectivity index (χ3v) is 5.38. The summed E-state index contributed by atoms with van der Waals surface area (Å²) in [7, 11) is 1.60. The van der Waals surface area contributed by atoms with Crippen molar-refractivity contribution in [1.29, 1.82) is 0 Å². The zero-order chi connectivity index (χ0) is 20.7. The second-order valence-corrected chi connectivity index (χ2v) is 7.14. The van der Waals surface area contributed by atoms with Gasteiger partial charge in [0.25, 0.3) is 5.91 Å². The first-order valence-corrected chi connectivity index (χ1v) is 9.57. The Morgan fingerprint density at radius 2 is 1.83 bits per heavy atom. The molecule has 6 nitrogen and oxygen atoms in total. The molecule has 2 aromatic carbocycles. The van der Waals surface area contributed by atoms with Gasteiger partial charge in [-0.3, -0.25) is 14.6 Å². The topological polar surface area (TPSA) is 72.6 Å². The number of carbonyl (C=O) groups excluding carboxylic acids is 1. The van der Waals surface area contributed by atoms with E-state index in [4.69, 9.17) is 9.15 Å². The first-order valence-electron chi connectivity index (χ1n) is 9.57. The summed E-state index contributed by atoms with van der Waals surface area (Å²) in [5.74, 6) is 0.494. The number of benzene rings is 2. The van der Waals surface area contributed by atoms with Crippen LogP contribution < -0.4 is 10.2 Å². The molecule has 1 amide bonds. The number of nitrogens with zero attached hydrogens (tertiary/aromatic N) is 2. The van der Waals surface area contributed by atoms with Crippen molar-refractivity contribution in [1.82, 2.24) is 9.88 Å². The van der Waals surface area contributed by atoms with Crippen molar-refractivity contribution in [2.45, 2.75) is 12.6 Å². The Bertz CT molecular complexity index is 1300. The van der Waals surface area contributed by atoms with Crippen molar-refractivity contribution in [3.8, 4) is 5.75 Å². The summed E-state index contributed by atoms with van der Waals surface area (Å²) in [6, 6.07) is 17.6. The maximum Gasteiger partial charge on any atom is 0.291 e. The molecule has 1 aliphatic rings. The van der Waals surface area contributed by atoms with E-state index >= 15 is 0 Å². The minimum absolute atomic E-state index is 0.100. The lowest BCUT2D eigenvalue weighted by Crippen LogP contribution is -2.29. The van der Waals surface area contributed by atoms with Gasteiger partial charge in [0.15, 0.2) is 5.43 Å². The van der Waals surface area contributed by atoms with Crippen LogP contribution in [0, 0.1) is 0 Å². The van der Waals surface area contributed by atoms with Gasteiger partial charge in [-0.1, -0.05) is 30.3 Å². The molecule has 0 fully saturated rings. The summed E-state index contributed by atoms with van der Waals surface area (Å²) in [6.45, 7) is 0.309. The van der Waals surface area contributed by atoms with E-state index in [9.17, 15) is 9.59 Å². The fourth-order valence-electron chi connectivity index (χ4n) is 3.95. The minimum Gasteiger partial charge on any atom is -0.497 e. The maximum absolute atomic E-state index is 13.4. The Kier molecular flexibility index (Phi) is 4.32. The highest BCUT2D eigenvalue weighted by molar-refractivity contribution is 5.99. The van der Waals surface area contributed by atoms with Crippen molar-refractivity contribution >= 4 is 16.9 Å². The van der Waals surface area contributed by atoms with Crippen LogP contribution in [-0.4, -0.2) is 22.9 Å². The average molecular weight is 398 g/mol. The van der Waals surface area contributed by atoms with E-state index in [1.54, 1.807) is 48.7 Å². The molecule has 0 saturated heterocycles. The Hall–Kier alpha value is -3.93. The van der Waals surface area contributed by atoms with Crippen molar-refractivity contribution < 1.29 is 13.9 Å². The number of methoxy groups -OCH3 is 1. The molecule has 1 aliphatic heterocycles. The first kappa shape index (κ1) is 18.1. The number of pyridine rings is 1. The molecule has 3 heterocycles. The molecule has 0 radical (unpaired) electrons. The summed E-state index contributed by atoms with van der Waals surface area (Å²) in [6.07, 6.45) is 3.40. The van der Waals surface area contributed by atoms with E-state index in [0.29, 0.717) is 28.8 Å². The van der Waals surface area contributed by atoms with Gasteiger partial charge in [0.05, 0.1) is 24.1 Å². The summed E-state index contributed by atoms with van der Waals surface area (Å²) in [5, 5.41) is 0.464. The number of hydrogen-bond acceptors (Lipinski definition) is 5. The molecule has 0 unspecified atom stereocenters. The molecule has 0 N–H and O–H groups in total. The van der Waals surface area contributed by atoms with Gasteiger partial charge in [-0.2, -0.15) is 0 Å². The fourth-order valence-corrected chi connectivity index (χ4v) is 3.95. The first-order chi connectivity index (χ1) is 14.7. The molecular formula is C24H18N2O4. The molecule has 0 saturated carbocycles. The minimum atomic E-state index is -0.556. The number of hydrogen-bond donors (Lipinski definition) is 0. The predicted octanol–water partition coefficient (Wildman–Crippen LogP) is 3.94. The van der Waals surface area contributed by atoms with E-state index in [1.165, 1.54) is 0 Å². The Morgan fingerprint density at radius 1 is 1.03 bits per heavy atom. The molecule has 1 atom stereocenters. The Labute approximate surface area is 172 Å². The standard InChI is InChI=1S/C24H18N2O4/c1-29-17-10-8-16(9-11-17)21-20-22(27)18-6-2-3-7-19(18)30-23(20)24(28)26(21)14-15-5-4-12-25-13-15/h2-13,21H,14H2,1H3/t21-/m1/s1. The highest BCUT2D eigenvalue weighted by Crippen LogP contribution is 2.39. The molecule has 0 spiro atoms. The third kappa shape index (κ3) is 2.85. The third-order valence-electron chi connectivity index (χ3n) is 5.38. The van der Waals surface area contributed by atoms with Crippen LogP contribution in [0.2, 0.25) is 0 Å². The smallest absolute Gasteiger partial charge is 0.291 e. The molecule has 0 bridgehead atoms. The zero-order valence-electron chi connectivity index (χ0n) is 16.2. The van der Waals surface area contributed by atoms with Crippen molar-refractivity contribution in [2.24, 2.45) is 0 Å². The lowest BCUT2D eigenvalue weighted by atomic mass is 9.98. The highest BCUT2D eigenvalue weighted by atomic mass is 16.5. The number of rotatable bonds is 4. The van der Waals surface area contributed by atoms with Gasteiger partial charge in [-0.25, -0.2) is 0 Å². The molecule has 6 heteroatoms. The van der Waals surface area contributed by atoms with Crippen LogP contribution in [0.3, 0.4) is 0 Å². The number of amides is 1. The number of fused-ring (bicyclic) bond motifs is 2. The van der Waals surface area contributed by atoms with Crippen molar-refractivity contribution in [3.63, 3.8) is 0 Å². The van der Waals surface area contributed by atoms with E-state index in [1.807, 2.05) is 36.4 Å². The zero-order valence-corrected chi connectivity index (χ0v) is 16.2. The lowest BCUT2D eigenvalue weighted by Gasteiger charge is -2.25. The average Bonchev–Trinajstić information content (AvgIpc) is 3.06. The van der Waals surface area contributed by atoms with Gasteiger partial charge >= 0.3 is 0 Å². The Morgan fingerprint density at radius 3 is 2.57 bits per heavy atom. The molecule has 5 rings (SSSR count). The van der Waals surface area contributed by atoms with Gasteiger partial charge < -0.3 is 14.1 Å². The Balaban J connectivity index is 1.71. The summed E-state index contributed by atoms with van der Waals surface area (Å²) in [5.41, 5.74) is 2.28. The summed E-state index contributed by atoms with van der Waals surface area (Å²) < 4.78 is 11.2. The number of ether oxygens (including phenoxy) is 1. The van der Waals surface area contributed by atoms with Crippen LogP contribution in [-0.2, 0) is 6.54 Å². The molecule has 30 heavy (non-hydrogen) atoms. The van der Waals surface area contributed by atoms with Crippen molar-refractivity contribution in [2.75, 3.05) is 7.11 Å². The van der Waals surface area contributed by atoms with Crippen LogP contribution in [0.5, 0.6) is 5.75 Å². The van der Waals surface area contributed by atoms with Crippen LogP contribution in [0.15, 0.2) is 82.3 Å². The molecule has 4 aromatic rings. The van der Waals surface area contributed by atoms with Crippen LogP contribution in [0.1, 0.15) is 33.3 Å². The molecule has 2 aromatic heterocycles. The largest absolute Gasteiger partial charge is 0.497 e. The van der Waals surface area contributed by atoms with Crippen LogP contribution in [0.4, 0.5) is 0 Å². The van der Waals surface area contributed by atoms with Gasteiger partial charge in [-0.15, -0.1) is 0 Å². The maximum atomic E-state index is 13.4. The van der Waals surface area contributed by atoms with Gasteiger partial charge in [-0.05, 0) is 41.5 Å². The second-order valence-electron chi connectivity index (χ2n) is 7.14. The van der Waals surface area contributed by atoms with E-state index in [-0.39, 0.29) is 17.1 Å². The monoisotopic (exact) mass is 398 g/mol. The molecule has 0 aliphatic carbocycles. The highest BCUT2D eigenvalue weighted by Gasteiger charge is 2.42. The lowest BCUT2D eigenvalue weighted by molar-refractivity contribution is 0.0714. The second kappa shape index (κ2) is 7.15. The van der Waals surface area contributed by atoms with Crippen LogP contribution in [0.25, 0.3) is 11.0 Å².